The fourth-order valence-corrected chi connectivity index (χ4v) is 1.63. The maximum absolute atomic E-state index is 4.35. The summed E-state index contributed by atoms with van der Waals surface area (Å²) < 4.78 is 0. The molecule has 0 N–H and O–H groups in total. The Kier molecular flexibility index (Phi) is 6.11. The SMILES string of the molecule is C(=NCCCCN=Cc1ccccn1)c1ccccn1. The number of hydrogen-bond acceptors (Lipinski definition) is 4. The van der Waals surface area contributed by atoms with Crippen LogP contribution in [0.3, 0.4) is 0 Å². The zero-order valence-electron chi connectivity index (χ0n) is 11.4. The summed E-state index contributed by atoms with van der Waals surface area (Å²) in [5.41, 5.74) is 1.81. The van der Waals surface area contributed by atoms with E-state index in [9.17, 15) is 0 Å². The van der Waals surface area contributed by atoms with Crippen molar-refractivity contribution in [2.45, 2.75) is 12.8 Å². The Morgan fingerprint density at radius 2 is 1.25 bits per heavy atom. The molecule has 0 amide bonds. The molecule has 0 spiro atoms. The van der Waals surface area contributed by atoms with Gasteiger partial charge in [-0.15, -0.1) is 0 Å². The van der Waals surface area contributed by atoms with Crippen LogP contribution in [-0.4, -0.2) is 35.5 Å². The van der Waals surface area contributed by atoms with Crippen molar-refractivity contribution in [1.29, 1.82) is 0 Å². The van der Waals surface area contributed by atoms with Crippen LogP contribution in [0.25, 0.3) is 0 Å². The molecule has 0 saturated heterocycles. The molecule has 2 aromatic rings. The number of pyridine rings is 2. The van der Waals surface area contributed by atoms with Crippen LogP contribution in [0.2, 0.25) is 0 Å². The second-order valence-electron chi connectivity index (χ2n) is 4.29. The molecule has 4 heteroatoms. The van der Waals surface area contributed by atoms with Gasteiger partial charge in [0, 0.05) is 37.9 Å². The topological polar surface area (TPSA) is 50.5 Å². The minimum absolute atomic E-state index is 0.815. The van der Waals surface area contributed by atoms with Crippen molar-refractivity contribution in [2.75, 3.05) is 13.1 Å². The number of rotatable bonds is 7. The second-order valence-corrected chi connectivity index (χ2v) is 4.29. The summed E-state index contributed by atoms with van der Waals surface area (Å²) in [6.07, 6.45) is 9.24. The maximum Gasteiger partial charge on any atom is 0.0807 e. The summed E-state index contributed by atoms with van der Waals surface area (Å²) in [7, 11) is 0. The van der Waals surface area contributed by atoms with E-state index in [0.29, 0.717) is 0 Å². The summed E-state index contributed by atoms with van der Waals surface area (Å²) >= 11 is 0. The summed E-state index contributed by atoms with van der Waals surface area (Å²) in [6, 6.07) is 11.6. The first-order valence-electron chi connectivity index (χ1n) is 6.77. The smallest absolute Gasteiger partial charge is 0.0807 e. The van der Waals surface area contributed by atoms with Crippen molar-refractivity contribution in [3.8, 4) is 0 Å². The van der Waals surface area contributed by atoms with Crippen LogP contribution in [0, 0.1) is 0 Å². The van der Waals surface area contributed by atoms with Crippen molar-refractivity contribution in [3.63, 3.8) is 0 Å². The van der Waals surface area contributed by atoms with Gasteiger partial charge in [-0.25, -0.2) is 0 Å². The van der Waals surface area contributed by atoms with Crippen molar-refractivity contribution >= 4 is 12.4 Å². The number of aliphatic imine (C=N–C) groups is 2. The Morgan fingerprint density at radius 3 is 1.65 bits per heavy atom. The van der Waals surface area contributed by atoms with Crippen molar-refractivity contribution in [1.82, 2.24) is 9.97 Å². The molecule has 0 bridgehead atoms. The van der Waals surface area contributed by atoms with Gasteiger partial charge in [-0.3, -0.25) is 20.0 Å². The molecule has 2 rings (SSSR count). The molecule has 0 atom stereocenters. The second kappa shape index (κ2) is 8.69. The van der Waals surface area contributed by atoms with Gasteiger partial charge in [-0.1, -0.05) is 12.1 Å². The Bertz CT molecular complexity index is 483. The third-order valence-electron chi connectivity index (χ3n) is 2.65. The monoisotopic (exact) mass is 266 g/mol. The van der Waals surface area contributed by atoms with Crippen molar-refractivity contribution < 1.29 is 0 Å². The van der Waals surface area contributed by atoms with Gasteiger partial charge < -0.3 is 0 Å². The maximum atomic E-state index is 4.35. The van der Waals surface area contributed by atoms with Crippen LogP contribution in [0.5, 0.6) is 0 Å². The molecule has 0 radical (unpaired) electrons. The summed E-state index contributed by atoms with van der Waals surface area (Å²) in [6.45, 7) is 1.63. The molecule has 0 aliphatic heterocycles. The molecule has 102 valence electrons. The molecular formula is C16H18N4. The highest BCUT2D eigenvalue weighted by molar-refractivity contribution is 5.77. The summed E-state index contributed by atoms with van der Waals surface area (Å²) in [5.74, 6) is 0. The zero-order valence-corrected chi connectivity index (χ0v) is 11.4. The van der Waals surface area contributed by atoms with Crippen LogP contribution in [0.1, 0.15) is 24.2 Å². The number of unbranched alkanes of at least 4 members (excludes halogenated alkanes) is 1. The Hall–Kier alpha value is -2.36. The van der Waals surface area contributed by atoms with Gasteiger partial charge in [-0.05, 0) is 37.1 Å². The Morgan fingerprint density at radius 1 is 0.750 bits per heavy atom. The predicted octanol–water partition coefficient (Wildman–Crippen LogP) is 2.79. The molecule has 2 heterocycles. The third-order valence-corrected chi connectivity index (χ3v) is 2.65. The molecule has 0 fully saturated rings. The van der Waals surface area contributed by atoms with Gasteiger partial charge in [0.1, 0.15) is 0 Å². The Balaban J connectivity index is 1.58. The molecule has 0 unspecified atom stereocenters. The normalized spacial score (nSPS) is 11.4. The summed E-state index contributed by atoms with van der Waals surface area (Å²) in [4.78, 5) is 17.1. The van der Waals surface area contributed by atoms with E-state index in [-0.39, 0.29) is 0 Å². The average molecular weight is 266 g/mol. The van der Waals surface area contributed by atoms with Crippen LogP contribution >= 0.6 is 0 Å². The van der Waals surface area contributed by atoms with E-state index in [1.54, 1.807) is 12.4 Å². The minimum Gasteiger partial charge on any atom is -0.291 e. The fourth-order valence-electron chi connectivity index (χ4n) is 1.63. The van der Waals surface area contributed by atoms with Crippen molar-refractivity contribution in [2.24, 2.45) is 9.98 Å². The van der Waals surface area contributed by atoms with Crippen LogP contribution in [0.15, 0.2) is 58.8 Å². The molecular weight excluding hydrogens is 248 g/mol. The fraction of sp³-hybridized carbons (Fsp3) is 0.250. The average Bonchev–Trinajstić information content (AvgIpc) is 2.52. The molecule has 0 aliphatic rings. The minimum atomic E-state index is 0.815. The Labute approximate surface area is 119 Å². The molecule has 0 aliphatic carbocycles. The van der Waals surface area contributed by atoms with Crippen molar-refractivity contribution in [3.05, 3.63) is 60.2 Å². The highest BCUT2D eigenvalue weighted by atomic mass is 14.8. The number of aromatic nitrogens is 2. The predicted molar refractivity (Wildman–Crippen MR) is 82.6 cm³/mol. The van der Waals surface area contributed by atoms with E-state index in [4.69, 9.17) is 0 Å². The molecule has 2 aromatic heterocycles. The first-order valence-corrected chi connectivity index (χ1v) is 6.77. The summed E-state index contributed by atoms with van der Waals surface area (Å²) in [5, 5.41) is 0. The number of nitrogens with zero attached hydrogens (tertiary/aromatic N) is 4. The standard InChI is InChI=1S/C16H18N4/c1-3-11-19-15(7-1)13-17-9-5-6-10-18-14-16-8-2-4-12-20-16/h1-4,7-8,11-14H,5-6,9-10H2. The third kappa shape index (κ3) is 5.52. The lowest BCUT2D eigenvalue weighted by Crippen LogP contribution is -1.91. The molecule has 20 heavy (non-hydrogen) atoms. The lowest BCUT2D eigenvalue weighted by atomic mass is 10.3. The van der Waals surface area contributed by atoms with E-state index in [1.807, 2.05) is 48.8 Å². The van der Waals surface area contributed by atoms with Crippen LogP contribution in [-0.2, 0) is 0 Å². The number of hydrogen-bond donors (Lipinski definition) is 0. The van der Waals surface area contributed by atoms with Crippen LogP contribution in [0.4, 0.5) is 0 Å². The van der Waals surface area contributed by atoms with E-state index < -0.39 is 0 Å². The van der Waals surface area contributed by atoms with Gasteiger partial charge in [0.2, 0.25) is 0 Å². The lowest BCUT2D eigenvalue weighted by Gasteiger charge is -1.94. The first-order chi connectivity index (χ1) is 9.95. The van der Waals surface area contributed by atoms with Crippen LogP contribution < -0.4 is 0 Å². The van der Waals surface area contributed by atoms with Gasteiger partial charge in [-0.2, -0.15) is 0 Å². The van der Waals surface area contributed by atoms with Gasteiger partial charge >= 0.3 is 0 Å². The highest BCUT2D eigenvalue weighted by Crippen LogP contribution is 1.94. The van der Waals surface area contributed by atoms with Gasteiger partial charge in [0.15, 0.2) is 0 Å². The van der Waals surface area contributed by atoms with Gasteiger partial charge in [0.05, 0.1) is 11.4 Å². The van der Waals surface area contributed by atoms with E-state index in [0.717, 1.165) is 37.3 Å². The van der Waals surface area contributed by atoms with Gasteiger partial charge in [0.25, 0.3) is 0 Å². The quantitative estimate of drug-likeness (QED) is 0.571. The highest BCUT2D eigenvalue weighted by Gasteiger charge is 1.88. The molecule has 0 aromatic carbocycles. The molecule has 0 saturated carbocycles. The molecule has 4 nitrogen and oxygen atoms in total. The van der Waals surface area contributed by atoms with E-state index >= 15 is 0 Å². The zero-order chi connectivity index (χ0) is 13.9. The van der Waals surface area contributed by atoms with E-state index in [2.05, 4.69) is 20.0 Å². The lowest BCUT2D eigenvalue weighted by molar-refractivity contribution is 0.759. The van der Waals surface area contributed by atoms with E-state index in [1.165, 1.54) is 0 Å². The first kappa shape index (κ1) is 14.1. The largest absolute Gasteiger partial charge is 0.291 e.